The van der Waals surface area contributed by atoms with Gasteiger partial charge in [0.1, 0.15) is 0 Å². The molecule has 0 aromatic heterocycles. The molecule has 0 aromatic rings. The lowest BCUT2D eigenvalue weighted by atomic mass is 9.92. The Hall–Kier alpha value is -0.0800. The maximum Gasteiger partial charge on any atom is 0.0193 e. The van der Waals surface area contributed by atoms with Gasteiger partial charge in [0.2, 0.25) is 0 Å². The van der Waals surface area contributed by atoms with Gasteiger partial charge in [-0.15, -0.1) is 0 Å². The first-order valence-corrected chi connectivity index (χ1v) is 6.12. The van der Waals surface area contributed by atoms with Crippen molar-refractivity contribution in [2.75, 3.05) is 13.1 Å². The Morgan fingerprint density at radius 2 is 2.21 bits per heavy atom. The minimum absolute atomic E-state index is 0.584. The van der Waals surface area contributed by atoms with E-state index in [9.17, 15) is 0 Å². The number of rotatable bonds is 3. The van der Waals surface area contributed by atoms with Gasteiger partial charge in [0.25, 0.3) is 0 Å². The van der Waals surface area contributed by atoms with E-state index < -0.39 is 0 Å². The van der Waals surface area contributed by atoms with Gasteiger partial charge >= 0.3 is 0 Å². The molecule has 1 aliphatic carbocycles. The molecule has 2 rings (SSSR count). The Morgan fingerprint density at radius 1 is 1.36 bits per heavy atom. The van der Waals surface area contributed by atoms with Crippen molar-refractivity contribution in [3.05, 3.63) is 0 Å². The molecule has 1 saturated heterocycles. The van der Waals surface area contributed by atoms with Gasteiger partial charge in [-0.05, 0) is 44.1 Å². The molecule has 1 heterocycles. The lowest BCUT2D eigenvalue weighted by molar-refractivity contribution is 0.360. The molecular formula is C12H24N2. The molecule has 14 heavy (non-hydrogen) atoms. The average molecular weight is 196 g/mol. The second-order valence-corrected chi connectivity index (χ2v) is 5.81. The van der Waals surface area contributed by atoms with Crippen LogP contribution in [0.5, 0.6) is 0 Å². The second-order valence-electron chi connectivity index (χ2n) is 5.81. The van der Waals surface area contributed by atoms with Gasteiger partial charge in [0.15, 0.2) is 0 Å². The van der Waals surface area contributed by atoms with Crippen LogP contribution in [0.25, 0.3) is 0 Å². The van der Waals surface area contributed by atoms with Crippen LogP contribution in [-0.4, -0.2) is 25.2 Å². The van der Waals surface area contributed by atoms with E-state index in [2.05, 4.69) is 24.5 Å². The fraction of sp³-hybridized carbons (Fsp3) is 1.00. The molecule has 2 aliphatic rings. The molecule has 2 nitrogen and oxygen atoms in total. The summed E-state index contributed by atoms with van der Waals surface area (Å²) >= 11 is 0. The van der Waals surface area contributed by atoms with Crippen LogP contribution >= 0.6 is 0 Å². The minimum atomic E-state index is 0.584. The standard InChI is InChI=1S/C12H24N2/c1-12(2)6-5-10(8-12)14-9-11-4-3-7-13-11/h10-11,13-14H,3-9H2,1-2H3. The van der Waals surface area contributed by atoms with Gasteiger partial charge < -0.3 is 10.6 Å². The molecule has 2 heteroatoms. The number of hydrogen-bond acceptors (Lipinski definition) is 2. The van der Waals surface area contributed by atoms with Crippen LogP contribution in [0.3, 0.4) is 0 Å². The van der Waals surface area contributed by atoms with Gasteiger partial charge in [-0.3, -0.25) is 0 Å². The lowest BCUT2D eigenvalue weighted by Gasteiger charge is -2.19. The predicted octanol–water partition coefficient (Wildman–Crippen LogP) is 1.91. The van der Waals surface area contributed by atoms with Crippen LogP contribution < -0.4 is 10.6 Å². The summed E-state index contributed by atoms with van der Waals surface area (Å²) in [7, 11) is 0. The lowest BCUT2D eigenvalue weighted by Crippen LogP contribution is -2.38. The molecule has 0 radical (unpaired) electrons. The summed E-state index contributed by atoms with van der Waals surface area (Å²) in [5.74, 6) is 0. The van der Waals surface area contributed by atoms with Crippen molar-refractivity contribution >= 4 is 0 Å². The summed E-state index contributed by atoms with van der Waals surface area (Å²) in [4.78, 5) is 0. The Labute approximate surface area is 87.8 Å². The van der Waals surface area contributed by atoms with Crippen molar-refractivity contribution in [1.82, 2.24) is 10.6 Å². The zero-order valence-corrected chi connectivity index (χ0v) is 9.60. The van der Waals surface area contributed by atoms with Crippen molar-refractivity contribution < 1.29 is 0 Å². The van der Waals surface area contributed by atoms with E-state index in [1.807, 2.05) is 0 Å². The molecule has 82 valence electrons. The zero-order valence-electron chi connectivity index (χ0n) is 9.60. The van der Waals surface area contributed by atoms with Gasteiger partial charge in [0.05, 0.1) is 0 Å². The third-order valence-electron chi connectivity index (χ3n) is 3.78. The molecule has 0 bridgehead atoms. The summed E-state index contributed by atoms with van der Waals surface area (Å²) in [6.07, 6.45) is 6.85. The Kier molecular flexibility index (Phi) is 3.13. The largest absolute Gasteiger partial charge is 0.313 e. The third kappa shape index (κ3) is 2.71. The molecule has 2 N–H and O–H groups in total. The Balaban J connectivity index is 1.66. The van der Waals surface area contributed by atoms with Crippen molar-refractivity contribution in [1.29, 1.82) is 0 Å². The van der Waals surface area contributed by atoms with Gasteiger partial charge in [0, 0.05) is 18.6 Å². The van der Waals surface area contributed by atoms with Crippen LogP contribution in [0.2, 0.25) is 0 Å². The minimum Gasteiger partial charge on any atom is -0.313 e. The second kappa shape index (κ2) is 4.19. The first-order valence-electron chi connectivity index (χ1n) is 6.12. The van der Waals surface area contributed by atoms with E-state index in [1.165, 1.54) is 45.2 Å². The molecule has 0 spiro atoms. The number of nitrogens with one attached hydrogen (secondary N) is 2. The van der Waals surface area contributed by atoms with Crippen molar-refractivity contribution in [2.45, 2.75) is 58.0 Å². The molecule has 0 aromatic carbocycles. The fourth-order valence-corrected chi connectivity index (χ4v) is 2.85. The summed E-state index contributed by atoms with van der Waals surface area (Å²) in [5.41, 5.74) is 0.584. The van der Waals surface area contributed by atoms with E-state index in [1.54, 1.807) is 0 Å². The molecule has 1 aliphatic heterocycles. The summed E-state index contributed by atoms with van der Waals surface area (Å²) in [6, 6.07) is 1.53. The highest BCUT2D eigenvalue weighted by Gasteiger charge is 2.30. The molecule has 0 amide bonds. The molecule has 1 saturated carbocycles. The monoisotopic (exact) mass is 196 g/mol. The quantitative estimate of drug-likeness (QED) is 0.720. The first kappa shape index (κ1) is 10.4. The predicted molar refractivity (Wildman–Crippen MR) is 60.4 cm³/mol. The third-order valence-corrected chi connectivity index (χ3v) is 3.78. The van der Waals surface area contributed by atoms with Crippen molar-refractivity contribution in [2.24, 2.45) is 5.41 Å². The average Bonchev–Trinajstić information content (AvgIpc) is 2.70. The molecule has 2 fully saturated rings. The van der Waals surface area contributed by atoms with Crippen LogP contribution in [0.15, 0.2) is 0 Å². The van der Waals surface area contributed by atoms with Crippen molar-refractivity contribution in [3.8, 4) is 0 Å². The first-order chi connectivity index (χ1) is 6.66. The SMILES string of the molecule is CC1(C)CCC(NCC2CCCN2)C1. The summed E-state index contributed by atoms with van der Waals surface area (Å²) in [6.45, 7) is 7.19. The molecule has 2 atom stereocenters. The summed E-state index contributed by atoms with van der Waals surface area (Å²) < 4.78 is 0. The maximum absolute atomic E-state index is 3.72. The van der Waals surface area contributed by atoms with Crippen LogP contribution in [0.4, 0.5) is 0 Å². The highest BCUT2D eigenvalue weighted by Crippen LogP contribution is 2.36. The normalized spacial score (nSPS) is 36.4. The maximum atomic E-state index is 3.72. The van der Waals surface area contributed by atoms with Crippen molar-refractivity contribution in [3.63, 3.8) is 0 Å². The fourth-order valence-electron chi connectivity index (χ4n) is 2.85. The smallest absolute Gasteiger partial charge is 0.0193 e. The van der Waals surface area contributed by atoms with E-state index in [-0.39, 0.29) is 0 Å². The van der Waals surface area contributed by atoms with Crippen LogP contribution in [0.1, 0.15) is 46.0 Å². The zero-order chi connectivity index (χ0) is 10.0. The summed E-state index contributed by atoms with van der Waals surface area (Å²) in [5, 5.41) is 7.26. The van der Waals surface area contributed by atoms with Crippen LogP contribution in [0, 0.1) is 5.41 Å². The van der Waals surface area contributed by atoms with E-state index in [0.717, 1.165) is 12.1 Å². The highest BCUT2D eigenvalue weighted by molar-refractivity contribution is 4.88. The Morgan fingerprint density at radius 3 is 2.79 bits per heavy atom. The van der Waals surface area contributed by atoms with Gasteiger partial charge in [-0.1, -0.05) is 13.8 Å². The van der Waals surface area contributed by atoms with Gasteiger partial charge in [-0.25, -0.2) is 0 Å². The molecule has 2 unspecified atom stereocenters. The topological polar surface area (TPSA) is 24.1 Å². The Bertz CT molecular complexity index is 183. The van der Waals surface area contributed by atoms with E-state index in [4.69, 9.17) is 0 Å². The van der Waals surface area contributed by atoms with Crippen LogP contribution in [-0.2, 0) is 0 Å². The van der Waals surface area contributed by atoms with Gasteiger partial charge in [-0.2, -0.15) is 0 Å². The van der Waals surface area contributed by atoms with E-state index >= 15 is 0 Å². The van der Waals surface area contributed by atoms with E-state index in [0.29, 0.717) is 5.41 Å². The molecular weight excluding hydrogens is 172 g/mol. The highest BCUT2D eigenvalue weighted by atomic mass is 15.0. The number of hydrogen-bond donors (Lipinski definition) is 2.